The first kappa shape index (κ1) is 13.8. The molecule has 1 aromatic heterocycles. The Morgan fingerprint density at radius 3 is 2.62 bits per heavy atom. The fourth-order valence-corrected chi connectivity index (χ4v) is 3.08. The van der Waals surface area contributed by atoms with Gasteiger partial charge in [-0.1, -0.05) is 25.7 Å². The highest BCUT2D eigenvalue weighted by atomic mass is 16.6. The number of anilines is 1. The summed E-state index contributed by atoms with van der Waals surface area (Å²) in [6.07, 6.45) is 9.10. The number of nitro benzene ring substituents is 1. The van der Waals surface area contributed by atoms with Crippen LogP contribution in [0, 0.1) is 10.1 Å². The largest absolute Gasteiger partial charge is 0.381 e. The molecule has 110 valence electrons. The van der Waals surface area contributed by atoms with E-state index >= 15 is 0 Å². The molecule has 5 nitrogen and oxygen atoms in total. The van der Waals surface area contributed by atoms with E-state index in [-0.39, 0.29) is 10.6 Å². The minimum Gasteiger partial charge on any atom is -0.381 e. The van der Waals surface area contributed by atoms with E-state index in [9.17, 15) is 10.1 Å². The summed E-state index contributed by atoms with van der Waals surface area (Å²) >= 11 is 0. The van der Waals surface area contributed by atoms with Crippen LogP contribution in [0.2, 0.25) is 0 Å². The lowest BCUT2D eigenvalue weighted by Gasteiger charge is -2.18. The predicted molar refractivity (Wildman–Crippen MR) is 83.5 cm³/mol. The lowest BCUT2D eigenvalue weighted by atomic mass is 10.1. The van der Waals surface area contributed by atoms with E-state index in [1.54, 1.807) is 30.5 Å². The molecule has 1 aliphatic carbocycles. The van der Waals surface area contributed by atoms with Gasteiger partial charge in [0.2, 0.25) is 0 Å². The molecule has 1 heterocycles. The fraction of sp³-hybridized carbons (Fsp3) is 0.438. The van der Waals surface area contributed by atoms with Crippen LogP contribution in [0.3, 0.4) is 0 Å². The van der Waals surface area contributed by atoms with Gasteiger partial charge in [-0.15, -0.1) is 0 Å². The van der Waals surface area contributed by atoms with E-state index in [2.05, 4.69) is 10.3 Å². The van der Waals surface area contributed by atoms with Crippen LogP contribution in [0.4, 0.5) is 11.4 Å². The van der Waals surface area contributed by atoms with Gasteiger partial charge in [0.05, 0.1) is 16.0 Å². The number of nitrogens with zero attached hydrogens (tertiary/aromatic N) is 2. The number of nitrogens with one attached hydrogen (secondary N) is 1. The first-order chi connectivity index (χ1) is 10.3. The average Bonchev–Trinajstić information content (AvgIpc) is 2.76. The highest BCUT2D eigenvalue weighted by Crippen LogP contribution is 2.31. The molecule has 0 saturated heterocycles. The zero-order valence-electron chi connectivity index (χ0n) is 11.9. The number of aromatic nitrogens is 1. The second-order valence-corrected chi connectivity index (χ2v) is 5.62. The summed E-state index contributed by atoms with van der Waals surface area (Å²) in [7, 11) is 0. The second kappa shape index (κ2) is 6.08. The molecule has 0 amide bonds. The van der Waals surface area contributed by atoms with E-state index in [1.807, 2.05) is 0 Å². The average molecular weight is 285 g/mol. The maximum atomic E-state index is 11.1. The van der Waals surface area contributed by atoms with Gasteiger partial charge in [-0.05, 0) is 31.0 Å². The molecule has 3 rings (SSSR count). The minimum absolute atomic E-state index is 0.115. The van der Waals surface area contributed by atoms with Crippen LogP contribution in [0.5, 0.6) is 0 Å². The van der Waals surface area contributed by atoms with Gasteiger partial charge >= 0.3 is 0 Å². The fourth-order valence-electron chi connectivity index (χ4n) is 3.08. The van der Waals surface area contributed by atoms with Crippen LogP contribution in [0.1, 0.15) is 38.5 Å². The molecule has 0 unspecified atom stereocenters. The van der Waals surface area contributed by atoms with Crippen molar-refractivity contribution in [3.05, 3.63) is 40.6 Å². The van der Waals surface area contributed by atoms with Crippen LogP contribution < -0.4 is 5.32 Å². The summed E-state index contributed by atoms with van der Waals surface area (Å²) in [4.78, 5) is 15.1. The molecular formula is C16H19N3O2. The van der Waals surface area contributed by atoms with Gasteiger partial charge < -0.3 is 5.32 Å². The zero-order valence-corrected chi connectivity index (χ0v) is 11.9. The summed E-state index contributed by atoms with van der Waals surface area (Å²) in [5.41, 5.74) is 1.71. The number of hydrogen-bond donors (Lipinski definition) is 1. The molecule has 0 aliphatic heterocycles. The maximum absolute atomic E-state index is 11.1. The maximum Gasteiger partial charge on any atom is 0.278 e. The molecule has 0 bridgehead atoms. The summed E-state index contributed by atoms with van der Waals surface area (Å²) < 4.78 is 0. The number of fused-ring (bicyclic) bond motifs is 1. The second-order valence-electron chi connectivity index (χ2n) is 5.62. The summed E-state index contributed by atoms with van der Waals surface area (Å²) in [6.45, 7) is 0. The van der Waals surface area contributed by atoms with Gasteiger partial charge in [-0.25, -0.2) is 0 Å². The molecule has 1 aliphatic rings. The van der Waals surface area contributed by atoms with Gasteiger partial charge in [-0.2, -0.15) is 0 Å². The van der Waals surface area contributed by atoms with E-state index < -0.39 is 0 Å². The molecule has 21 heavy (non-hydrogen) atoms. The summed E-state index contributed by atoms with van der Waals surface area (Å²) in [5.74, 6) is 0. The first-order valence-electron chi connectivity index (χ1n) is 7.54. The number of pyridine rings is 1. The normalized spacial score (nSPS) is 16.6. The Hall–Kier alpha value is -2.17. The Balaban J connectivity index is 1.95. The van der Waals surface area contributed by atoms with E-state index in [1.165, 1.54) is 25.7 Å². The van der Waals surface area contributed by atoms with Crippen molar-refractivity contribution in [3.8, 4) is 0 Å². The molecular weight excluding hydrogens is 266 g/mol. The smallest absolute Gasteiger partial charge is 0.278 e. The third kappa shape index (κ3) is 2.96. The minimum atomic E-state index is -0.348. The van der Waals surface area contributed by atoms with Crippen LogP contribution in [0.25, 0.3) is 10.9 Å². The van der Waals surface area contributed by atoms with Crippen molar-refractivity contribution in [2.75, 3.05) is 5.32 Å². The number of nitro groups is 1. The molecule has 2 aromatic rings. The molecule has 0 radical (unpaired) electrons. The standard InChI is InChI=1S/C16H19N3O2/c20-19(21)15-10-9-14(16-13(15)8-5-11-17-16)18-12-6-3-1-2-4-7-12/h5,8-12,18H,1-4,6-7H2. The van der Waals surface area contributed by atoms with Crippen LogP contribution in [0.15, 0.2) is 30.5 Å². The van der Waals surface area contributed by atoms with Gasteiger partial charge in [0.15, 0.2) is 0 Å². The molecule has 0 spiro atoms. The lowest BCUT2D eigenvalue weighted by Crippen LogP contribution is -2.18. The molecule has 1 saturated carbocycles. The summed E-state index contributed by atoms with van der Waals surface area (Å²) in [5, 5.41) is 15.3. The van der Waals surface area contributed by atoms with Crippen LogP contribution >= 0.6 is 0 Å². The Bertz CT molecular complexity index is 649. The summed E-state index contributed by atoms with van der Waals surface area (Å²) in [6, 6.07) is 7.31. The number of non-ortho nitro benzene ring substituents is 1. The molecule has 5 heteroatoms. The van der Waals surface area contributed by atoms with Crippen molar-refractivity contribution in [3.63, 3.8) is 0 Å². The van der Waals surface area contributed by atoms with E-state index in [0.717, 1.165) is 18.5 Å². The van der Waals surface area contributed by atoms with Gasteiger partial charge in [-0.3, -0.25) is 15.1 Å². The molecule has 0 atom stereocenters. The molecule has 1 N–H and O–H groups in total. The first-order valence-corrected chi connectivity index (χ1v) is 7.54. The van der Waals surface area contributed by atoms with Crippen molar-refractivity contribution < 1.29 is 4.92 Å². The van der Waals surface area contributed by atoms with Crippen molar-refractivity contribution in [2.24, 2.45) is 0 Å². The predicted octanol–water partition coefficient (Wildman–Crippen LogP) is 4.28. The van der Waals surface area contributed by atoms with Gasteiger partial charge in [0.25, 0.3) is 5.69 Å². The van der Waals surface area contributed by atoms with E-state index in [0.29, 0.717) is 16.9 Å². The van der Waals surface area contributed by atoms with Crippen molar-refractivity contribution in [1.29, 1.82) is 0 Å². The van der Waals surface area contributed by atoms with Crippen LogP contribution in [-0.2, 0) is 0 Å². The van der Waals surface area contributed by atoms with Crippen molar-refractivity contribution in [2.45, 2.75) is 44.6 Å². The quantitative estimate of drug-likeness (QED) is 0.519. The van der Waals surface area contributed by atoms with Crippen LogP contribution in [-0.4, -0.2) is 15.9 Å². The molecule has 1 fully saturated rings. The van der Waals surface area contributed by atoms with Crippen molar-refractivity contribution in [1.82, 2.24) is 4.98 Å². The van der Waals surface area contributed by atoms with Gasteiger partial charge in [0.1, 0.15) is 5.52 Å². The van der Waals surface area contributed by atoms with E-state index in [4.69, 9.17) is 0 Å². The Labute approximate surface area is 123 Å². The Morgan fingerprint density at radius 1 is 1.14 bits per heavy atom. The lowest BCUT2D eigenvalue weighted by molar-refractivity contribution is -0.383. The Morgan fingerprint density at radius 2 is 1.90 bits per heavy atom. The highest BCUT2D eigenvalue weighted by molar-refractivity contribution is 5.96. The highest BCUT2D eigenvalue weighted by Gasteiger charge is 2.17. The third-order valence-corrected chi connectivity index (χ3v) is 4.16. The number of benzene rings is 1. The molecule has 1 aromatic carbocycles. The van der Waals surface area contributed by atoms with Crippen molar-refractivity contribution >= 4 is 22.3 Å². The monoisotopic (exact) mass is 285 g/mol. The zero-order chi connectivity index (χ0) is 14.7. The SMILES string of the molecule is O=[N+]([O-])c1ccc(NC2CCCCCC2)c2ncccc12. The third-order valence-electron chi connectivity index (χ3n) is 4.16. The topological polar surface area (TPSA) is 68.1 Å². The van der Waals surface area contributed by atoms with Gasteiger partial charge in [0, 0.05) is 18.3 Å². The number of rotatable bonds is 3. The Kier molecular flexibility index (Phi) is 3.99. The number of hydrogen-bond acceptors (Lipinski definition) is 4.